The van der Waals surface area contributed by atoms with E-state index in [0.717, 1.165) is 0 Å². The topological polar surface area (TPSA) is 110 Å². The Bertz CT molecular complexity index is 918. The first-order chi connectivity index (χ1) is 11.9. The summed E-state index contributed by atoms with van der Waals surface area (Å²) in [4.78, 5) is 30.5. The van der Waals surface area contributed by atoms with Gasteiger partial charge in [0.1, 0.15) is 17.5 Å². The molecule has 1 aliphatic rings. The van der Waals surface area contributed by atoms with E-state index < -0.39 is 23.4 Å². The molecule has 1 aliphatic heterocycles. The number of hydrogen-bond donors (Lipinski definition) is 3. The summed E-state index contributed by atoms with van der Waals surface area (Å²) in [7, 11) is 0. The Balaban J connectivity index is 2.26. The quantitative estimate of drug-likeness (QED) is 0.734. The summed E-state index contributed by atoms with van der Waals surface area (Å²) in [6.07, 6.45) is 0. The summed E-state index contributed by atoms with van der Waals surface area (Å²) in [5.74, 6) is -1.20. The van der Waals surface area contributed by atoms with Gasteiger partial charge in [-0.1, -0.05) is 12.1 Å². The van der Waals surface area contributed by atoms with Crippen LogP contribution in [0, 0.1) is 5.82 Å². The second kappa shape index (κ2) is 6.39. The number of ether oxygens (including phenoxy) is 1. The second-order valence-electron chi connectivity index (χ2n) is 5.59. The Labute approximate surface area is 142 Å². The number of rotatable bonds is 3. The van der Waals surface area contributed by atoms with E-state index in [9.17, 15) is 14.0 Å². The number of esters is 1. The lowest BCUT2D eigenvalue weighted by atomic mass is 9.82. The van der Waals surface area contributed by atoms with Gasteiger partial charge in [-0.05, 0) is 31.5 Å². The molecule has 0 amide bonds. The fraction of sp³-hybridized carbons (Fsp3) is 0.235. The van der Waals surface area contributed by atoms with Crippen molar-refractivity contribution in [1.82, 2.24) is 9.97 Å². The third-order valence-electron chi connectivity index (χ3n) is 3.99. The molecule has 1 atom stereocenters. The lowest BCUT2D eigenvalue weighted by molar-refractivity contribution is -0.138. The minimum absolute atomic E-state index is 0.0890. The minimum atomic E-state index is -0.639. The van der Waals surface area contributed by atoms with Crippen LogP contribution in [0.5, 0.6) is 0 Å². The number of aromatic nitrogens is 2. The number of carbonyl (C=O) groups excluding carboxylic acids is 1. The van der Waals surface area contributed by atoms with Crippen LogP contribution in [-0.2, 0) is 9.53 Å². The molecule has 1 aromatic carbocycles. The molecule has 0 fully saturated rings. The first-order valence-corrected chi connectivity index (χ1v) is 7.72. The molecule has 0 spiro atoms. The van der Waals surface area contributed by atoms with Gasteiger partial charge in [-0.25, -0.2) is 14.0 Å². The number of nitrogens with two attached hydrogens (primary N) is 1. The van der Waals surface area contributed by atoms with Crippen molar-refractivity contribution < 1.29 is 13.9 Å². The van der Waals surface area contributed by atoms with Gasteiger partial charge in [0.05, 0.1) is 18.1 Å². The van der Waals surface area contributed by atoms with E-state index in [1.165, 1.54) is 12.1 Å². The van der Waals surface area contributed by atoms with Gasteiger partial charge in [0.2, 0.25) is 0 Å². The van der Waals surface area contributed by atoms with E-state index >= 15 is 0 Å². The third-order valence-corrected chi connectivity index (χ3v) is 3.99. The summed E-state index contributed by atoms with van der Waals surface area (Å²) < 4.78 is 18.5. The SMILES string of the molecule is CCOC(=O)C1=C(C)Nc2nc(=O)[nH]c(N)c2C1c1ccc(F)cc1. The van der Waals surface area contributed by atoms with Gasteiger partial charge in [-0.2, -0.15) is 4.98 Å². The van der Waals surface area contributed by atoms with E-state index in [4.69, 9.17) is 10.5 Å². The lowest BCUT2D eigenvalue weighted by Gasteiger charge is -2.29. The normalized spacial score (nSPS) is 16.2. The molecular formula is C17H17FN4O3. The first kappa shape index (κ1) is 16.7. The van der Waals surface area contributed by atoms with Crippen LogP contribution in [0.1, 0.15) is 30.9 Å². The predicted octanol–water partition coefficient (Wildman–Crippen LogP) is 1.89. The third kappa shape index (κ3) is 2.98. The molecule has 25 heavy (non-hydrogen) atoms. The monoisotopic (exact) mass is 344 g/mol. The summed E-state index contributed by atoms with van der Waals surface area (Å²) in [5, 5.41) is 2.94. The number of allylic oxidation sites excluding steroid dienone is 1. The van der Waals surface area contributed by atoms with E-state index in [2.05, 4.69) is 15.3 Å². The maximum Gasteiger partial charge on any atom is 0.348 e. The van der Waals surface area contributed by atoms with Gasteiger partial charge in [0.25, 0.3) is 0 Å². The number of hydrogen-bond acceptors (Lipinski definition) is 6. The Morgan fingerprint density at radius 2 is 2.04 bits per heavy atom. The van der Waals surface area contributed by atoms with Crippen LogP contribution >= 0.6 is 0 Å². The zero-order valence-electron chi connectivity index (χ0n) is 13.7. The fourth-order valence-corrected chi connectivity index (χ4v) is 2.96. The summed E-state index contributed by atoms with van der Waals surface area (Å²) in [5.41, 5.74) is 7.30. The highest BCUT2D eigenvalue weighted by molar-refractivity contribution is 5.95. The predicted molar refractivity (Wildman–Crippen MR) is 90.5 cm³/mol. The maximum absolute atomic E-state index is 13.3. The van der Waals surface area contributed by atoms with Gasteiger partial charge in [-0.15, -0.1) is 0 Å². The molecule has 0 bridgehead atoms. The number of nitrogen functional groups attached to an aromatic ring is 1. The van der Waals surface area contributed by atoms with Crippen LogP contribution in [-0.4, -0.2) is 22.5 Å². The lowest BCUT2D eigenvalue weighted by Crippen LogP contribution is -2.29. The van der Waals surface area contributed by atoms with E-state index in [0.29, 0.717) is 22.4 Å². The van der Waals surface area contributed by atoms with Crippen LogP contribution in [0.4, 0.5) is 16.0 Å². The zero-order chi connectivity index (χ0) is 18.1. The van der Waals surface area contributed by atoms with E-state index in [1.807, 2.05) is 0 Å². The molecule has 2 heterocycles. The number of nitrogens with one attached hydrogen (secondary N) is 2. The molecule has 8 heteroatoms. The second-order valence-corrected chi connectivity index (χ2v) is 5.59. The van der Waals surface area contributed by atoms with Crippen molar-refractivity contribution in [2.24, 2.45) is 0 Å². The smallest absolute Gasteiger partial charge is 0.348 e. The van der Waals surface area contributed by atoms with Gasteiger partial charge in [-0.3, -0.25) is 4.98 Å². The summed E-state index contributed by atoms with van der Waals surface area (Å²) in [6, 6.07) is 5.72. The minimum Gasteiger partial charge on any atom is -0.463 e. The number of H-pyrrole nitrogens is 1. The van der Waals surface area contributed by atoms with Crippen molar-refractivity contribution in [2.75, 3.05) is 17.7 Å². The molecule has 2 aromatic rings. The molecule has 0 saturated carbocycles. The summed E-state index contributed by atoms with van der Waals surface area (Å²) >= 11 is 0. The highest BCUT2D eigenvalue weighted by atomic mass is 19.1. The van der Waals surface area contributed by atoms with E-state index in [-0.39, 0.29) is 18.2 Å². The van der Waals surface area contributed by atoms with Crippen LogP contribution in [0.2, 0.25) is 0 Å². The standard InChI is InChI=1S/C17H17FN4O3/c1-3-25-16(23)11-8(2)20-15-13(14(19)21-17(24)22-15)12(11)9-4-6-10(18)7-5-9/h4-7,12H,3H2,1-2H3,(H4,19,20,21,22,24). The number of fused-ring (bicyclic) bond motifs is 1. The van der Waals surface area contributed by atoms with E-state index in [1.54, 1.807) is 26.0 Å². The Kier molecular flexibility index (Phi) is 4.26. The number of nitrogens with zero attached hydrogens (tertiary/aromatic N) is 1. The molecule has 4 N–H and O–H groups in total. The largest absolute Gasteiger partial charge is 0.463 e. The molecule has 7 nitrogen and oxygen atoms in total. The van der Waals surface area contributed by atoms with Crippen molar-refractivity contribution >= 4 is 17.6 Å². The Morgan fingerprint density at radius 3 is 2.68 bits per heavy atom. The van der Waals surface area contributed by atoms with Gasteiger partial charge < -0.3 is 15.8 Å². The molecule has 0 saturated heterocycles. The number of aromatic amines is 1. The molecule has 0 aliphatic carbocycles. The van der Waals surface area contributed by atoms with Crippen molar-refractivity contribution in [2.45, 2.75) is 19.8 Å². The molecule has 0 radical (unpaired) electrons. The van der Waals surface area contributed by atoms with Crippen LogP contribution < -0.4 is 16.7 Å². The number of carbonyl (C=O) groups is 1. The molecule has 3 rings (SSSR count). The van der Waals surface area contributed by atoms with Gasteiger partial charge >= 0.3 is 11.7 Å². The van der Waals surface area contributed by atoms with Crippen molar-refractivity contribution in [1.29, 1.82) is 0 Å². The Hall–Kier alpha value is -3.16. The number of halogens is 1. The molecule has 1 aromatic heterocycles. The molecule has 1 unspecified atom stereocenters. The fourth-order valence-electron chi connectivity index (χ4n) is 2.96. The number of anilines is 2. The van der Waals surface area contributed by atoms with Gasteiger partial charge in [0.15, 0.2) is 0 Å². The van der Waals surface area contributed by atoms with Crippen LogP contribution in [0.15, 0.2) is 40.3 Å². The highest BCUT2D eigenvalue weighted by Gasteiger charge is 2.35. The molecule has 130 valence electrons. The molecular weight excluding hydrogens is 327 g/mol. The Morgan fingerprint density at radius 1 is 1.36 bits per heavy atom. The maximum atomic E-state index is 13.3. The summed E-state index contributed by atoms with van der Waals surface area (Å²) in [6.45, 7) is 3.60. The van der Waals surface area contributed by atoms with Crippen molar-refractivity contribution in [3.63, 3.8) is 0 Å². The van der Waals surface area contributed by atoms with Gasteiger partial charge in [0, 0.05) is 11.3 Å². The van der Waals surface area contributed by atoms with Crippen molar-refractivity contribution in [3.8, 4) is 0 Å². The average molecular weight is 344 g/mol. The first-order valence-electron chi connectivity index (χ1n) is 7.72. The highest BCUT2D eigenvalue weighted by Crippen LogP contribution is 2.42. The van der Waals surface area contributed by atoms with Crippen LogP contribution in [0.3, 0.4) is 0 Å². The van der Waals surface area contributed by atoms with Crippen LogP contribution in [0.25, 0.3) is 0 Å². The average Bonchev–Trinajstić information content (AvgIpc) is 2.54. The zero-order valence-corrected chi connectivity index (χ0v) is 13.7. The van der Waals surface area contributed by atoms with Crippen molar-refractivity contribution in [3.05, 3.63) is 63.0 Å². The number of benzene rings is 1.